The first-order valence-electron chi connectivity index (χ1n) is 9.21. The third kappa shape index (κ3) is 4.68. The van der Waals surface area contributed by atoms with Crippen LogP contribution in [0.1, 0.15) is 28.3 Å². The SMILES string of the molecule is COc1ccc(Cc2nnc(SCc3coc(-c4ccc(C)cc4C)n3)o2)cc1. The number of aryl methyl sites for hydroxylation is 2. The van der Waals surface area contributed by atoms with Gasteiger partial charge in [-0.3, -0.25) is 0 Å². The van der Waals surface area contributed by atoms with Crippen molar-refractivity contribution in [3.05, 3.63) is 77.0 Å². The summed E-state index contributed by atoms with van der Waals surface area (Å²) in [6.45, 7) is 4.13. The summed E-state index contributed by atoms with van der Waals surface area (Å²) >= 11 is 1.44. The molecule has 4 aromatic rings. The second-order valence-corrected chi connectivity index (χ2v) is 7.66. The topological polar surface area (TPSA) is 74.2 Å². The van der Waals surface area contributed by atoms with Crippen LogP contribution in [0.15, 0.2) is 62.8 Å². The van der Waals surface area contributed by atoms with E-state index in [0.717, 1.165) is 28.1 Å². The van der Waals surface area contributed by atoms with E-state index in [-0.39, 0.29) is 0 Å². The van der Waals surface area contributed by atoms with E-state index in [9.17, 15) is 0 Å². The Morgan fingerprint density at radius 1 is 1.03 bits per heavy atom. The Balaban J connectivity index is 1.37. The Hall–Kier alpha value is -3.06. The number of benzene rings is 2. The molecule has 0 spiro atoms. The van der Waals surface area contributed by atoms with Gasteiger partial charge in [0.05, 0.1) is 19.2 Å². The average molecular weight is 407 g/mol. The molecule has 0 saturated heterocycles. The van der Waals surface area contributed by atoms with Crippen molar-refractivity contribution >= 4 is 11.8 Å². The van der Waals surface area contributed by atoms with Gasteiger partial charge in [0.25, 0.3) is 5.22 Å². The molecule has 7 heteroatoms. The summed E-state index contributed by atoms with van der Waals surface area (Å²) in [5, 5.41) is 8.76. The predicted molar refractivity (Wildman–Crippen MR) is 111 cm³/mol. The normalized spacial score (nSPS) is 11.0. The molecule has 0 fully saturated rings. The molecule has 4 rings (SSSR count). The fourth-order valence-electron chi connectivity index (χ4n) is 2.97. The number of oxazole rings is 1. The Morgan fingerprint density at radius 2 is 1.86 bits per heavy atom. The van der Waals surface area contributed by atoms with E-state index in [4.69, 9.17) is 13.6 Å². The number of ether oxygens (including phenoxy) is 1. The molecule has 0 radical (unpaired) electrons. The molecule has 0 atom stereocenters. The number of hydrogen-bond acceptors (Lipinski definition) is 7. The van der Waals surface area contributed by atoms with Gasteiger partial charge in [0, 0.05) is 11.3 Å². The van der Waals surface area contributed by atoms with Crippen molar-refractivity contribution in [3.8, 4) is 17.2 Å². The largest absolute Gasteiger partial charge is 0.497 e. The monoisotopic (exact) mass is 407 g/mol. The molecule has 0 amide bonds. The first-order valence-corrected chi connectivity index (χ1v) is 10.2. The summed E-state index contributed by atoms with van der Waals surface area (Å²) < 4.78 is 16.6. The van der Waals surface area contributed by atoms with E-state index in [1.54, 1.807) is 13.4 Å². The lowest BCUT2D eigenvalue weighted by molar-refractivity contribution is 0.413. The van der Waals surface area contributed by atoms with Crippen molar-refractivity contribution in [2.75, 3.05) is 7.11 Å². The van der Waals surface area contributed by atoms with Gasteiger partial charge in [0.2, 0.25) is 11.8 Å². The maximum atomic E-state index is 5.74. The molecule has 0 saturated carbocycles. The zero-order chi connectivity index (χ0) is 20.2. The van der Waals surface area contributed by atoms with E-state index in [1.165, 1.54) is 17.3 Å². The highest BCUT2D eigenvalue weighted by Crippen LogP contribution is 2.27. The van der Waals surface area contributed by atoms with Crippen molar-refractivity contribution in [2.24, 2.45) is 0 Å². The fraction of sp³-hybridized carbons (Fsp3) is 0.227. The van der Waals surface area contributed by atoms with Gasteiger partial charge in [0.1, 0.15) is 12.0 Å². The standard InChI is InChI=1S/C22H21N3O3S/c1-14-4-9-19(15(2)10-14)21-23-17(12-27-21)13-29-22-25-24-20(28-22)11-16-5-7-18(26-3)8-6-16/h4-10,12H,11,13H2,1-3H3. The lowest BCUT2D eigenvalue weighted by atomic mass is 10.1. The van der Waals surface area contributed by atoms with Crippen molar-refractivity contribution < 1.29 is 13.6 Å². The molecule has 0 N–H and O–H groups in total. The summed E-state index contributed by atoms with van der Waals surface area (Å²) in [5.74, 6) is 2.62. The minimum absolute atomic E-state index is 0.518. The Morgan fingerprint density at radius 3 is 2.62 bits per heavy atom. The maximum absolute atomic E-state index is 5.74. The fourth-order valence-corrected chi connectivity index (χ4v) is 3.63. The Bertz CT molecular complexity index is 1100. The van der Waals surface area contributed by atoms with Crippen LogP contribution >= 0.6 is 11.8 Å². The molecule has 0 aliphatic carbocycles. The molecular formula is C22H21N3O3S. The Labute approximate surface area is 173 Å². The van der Waals surface area contributed by atoms with E-state index >= 15 is 0 Å². The van der Waals surface area contributed by atoms with Crippen LogP contribution in [-0.4, -0.2) is 22.3 Å². The molecule has 2 aromatic carbocycles. The number of thioether (sulfide) groups is 1. The van der Waals surface area contributed by atoms with Gasteiger partial charge >= 0.3 is 0 Å². The minimum Gasteiger partial charge on any atom is -0.497 e. The zero-order valence-corrected chi connectivity index (χ0v) is 17.3. The highest BCUT2D eigenvalue weighted by molar-refractivity contribution is 7.98. The zero-order valence-electron chi connectivity index (χ0n) is 16.5. The lowest BCUT2D eigenvalue weighted by Gasteiger charge is -2.02. The summed E-state index contributed by atoms with van der Waals surface area (Å²) in [7, 11) is 1.65. The molecule has 6 nitrogen and oxygen atoms in total. The number of methoxy groups -OCH3 is 1. The quantitative estimate of drug-likeness (QED) is 0.388. The van der Waals surface area contributed by atoms with Crippen molar-refractivity contribution in [1.29, 1.82) is 0 Å². The second kappa shape index (κ2) is 8.53. The van der Waals surface area contributed by atoms with E-state index in [0.29, 0.717) is 29.2 Å². The van der Waals surface area contributed by atoms with E-state index in [2.05, 4.69) is 41.2 Å². The van der Waals surface area contributed by atoms with Crippen LogP contribution in [-0.2, 0) is 12.2 Å². The van der Waals surface area contributed by atoms with Crippen LogP contribution in [0, 0.1) is 13.8 Å². The van der Waals surface area contributed by atoms with Gasteiger partial charge in [-0.1, -0.05) is 41.6 Å². The smallest absolute Gasteiger partial charge is 0.276 e. The van der Waals surface area contributed by atoms with Crippen LogP contribution in [0.4, 0.5) is 0 Å². The van der Waals surface area contributed by atoms with Gasteiger partial charge in [-0.2, -0.15) is 0 Å². The van der Waals surface area contributed by atoms with Crippen LogP contribution in [0.5, 0.6) is 5.75 Å². The van der Waals surface area contributed by atoms with E-state index in [1.807, 2.05) is 30.3 Å². The van der Waals surface area contributed by atoms with Crippen LogP contribution in [0.3, 0.4) is 0 Å². The highest BCUT2D eigenvalue weighted by atomic mass is 32.2. The highest BCUT2D eigenvalue weighted by Gasteiger charge is 2.12. The van der Waals surface area contributed by atoms with Crippen molar-refractivity contribution in [1.82, 2.24) is 15.2 Å². The lowest BCUT2D eigenvalue weighted by Crippen LogP contribution is -1.89. The number of aromatic nitrogens is 3. The third-order valence-corrected chi connectivity index (χ3v) is 5.32. The molecule has 0 aliphatic rings. The summed E-state index contributed by atoms with van der Waals surface area (Å²) in [6, 6.07) is 14.0. The van der Waals surface area contributed by atoms with Gasteiger partial charge in [-0.25, -0.2) is 4.98 Å². The molecule has 2 heterocycles. The summed E-state index contributed by atoms with van der Waals surface area (Å²) in [5.41, 5.74) is 5.29. The van der Waals surface area contributed by atoms with Crippen molar-refractivity contribution in [3.63, 3.8) is 0 Å². The van der Waals surface area contributed by atoms with Crippen molar-refractivity contribution in [2.45, 2.75) is 31.2 Å². The third-order valence-electron chi connectivity index (χ3n) is 4.47. The average Bonchev–Trinajstić information content (AvgIpc) is 3.36. The number of rotatable bonds is 7. The molecule has 0 aliphatic heterocycles. The maximum Gasteiger partial charge on any atom is 0.276 e. The van der Waals surface area contributed by atoms with Crippen LogP contribution in [0.25, 0.3) is 11.5 Å². The predicted octanol–water partition coefficient (Wildman–Crippen LogP) is 5.23. The first kappa shape index (κ1) is 19.3. The van der Waals surface area contributed by atoms with Crippen LogP contribution in [0.2, 0.25) is 0 Å². The molecule has 29 heavy (non-hydrogen) atoms. The van der Waals surface area contributed by atoms with Gasteiger partial charge in [-0.15, -0.1) is 10.2 Å². The van der Waals surface area contributed by atoms with Crippen LogP contribution < -0.4 is 4.74 Å². The molecule has 148 valence electrons. The summed E-state index contributed by atoms with van der Waals surface area (Å²) in [6.07, 6.45) is 2.26. The van der Waals surface area contributed by atoms with E-state index < -0.39 is 0 Å². The minimum atomic E-state index is 0.518. The van der Waals surface area contributed by atoms with Gasteiger partial charge in [-0.05, 0) is 43.2 Å². The van der Waals surface area contributed by atoms with Gasteiger partial charge < -0.3 is 13.6 Å². The first-order chi connectivity index (χ1) is 14.1. The van der Waals surface area contributed by atoms with Gasteiger partial charge in [0.15, 0.2) is 0 Å². The summed E-state index contributed by atoms with van der Waals surface area (Å²) in [4.78, 5) is 4.59. The molecule has 2 aromatic heterocycles. The molecular weight excluding hydrogens is 386 g/mol. The molecule has 0 bridgehead atoms. The number of hydrogen-bond donors (Lipinski definition) is 0. The number of nitrogens with zero attached hydrogens (tertiary/aromatic N) is 3. The molecule has 0 unspecified atom stereocenters. The Kier molecular flexibility index (Phi) is 5.67. The second-order valence-electron chi connectivity index (χ2n) is 6.74.